The van der Waals surface area contributed by atoms with Crippen LogP contribution in [0.15, 0.2) is 4.99 Å². The molecule has 2 amide bonds. The van der Waals surface area contributed by atoms with Gasteiger partial charge < -0.3 is 20.4 Å². The van der Waals surface area contributed by atoms with E-state index in [4.69, 9.17) is 0 Å². The Hall–Kier alpha value is -1.06. The van der Waals surface area contributed by atoms with Gasteiger partial charge >= 0.3 is 0 Å². The summed E-state index contributed by atoms with van der Waals surface area (Å²) in [6.07, 6.45) is 5.23. The molecule has 164 valence electrons. The van der Waals surface area contributed by atoms with Crippen LogP contribution >= 0.6 is 24.0 Å². The first-order chi connectivity index (χ1) is 13.0. The number of hydrogen-bond acceptors (Lipinski definition) is 3. The quantitative estimate of drug-likeness (QED) is 0.205. The molecule has 0 spiro atoms. The number of rotatable bonds is 10. The number of aliphatic imine (C=N–C) groups is 1. The van der Waals surface area contributed by atoms with Crippen molar-refractivity contribution in [3.63, 3.8) is 0 Å². The van der Waals surface area contributed by atoms with Gasteiger partial charge in [-0.15, -0.1) is 24.0 Å². The minimum atomic E-state index is 0. The van der Waals surface area contributed by atoms with Gasteiger partial charge in [-0.25, -0.2) is 0 Å². The number of piperazine rings is 1. The molecule has 1 fully saturated rings. The van der Waals surface area contributed by atoms with Crippen molar-refractivity contribution in [2.45, 2.75) is 59.3 Å². The van der Waals surface area contributed by atoms with Crippen LogP contribution in [-0.2, 0) is 9.59 Å². The molecule has 0 unspecified atom stereocenters. The molecule has 1 aliphatic rings. The third-order valence-corrected chi connectivity index (χ3v) is 4.69. The summed E-state index contributed by atoms with van der Waals surface area (Å²) in [6.45, 7) is 10.7. The summed E-state index contributed by atoms with van der Waals surface area (Å²) in [6, 6.07) is 0. The van der Waals surface area contributed by atoms with E-state index in [1.54, 1.807) is 7.05 Å². The van der Waals surface area contributed by atoms with Crippen molar-refractivity contribution in [2.75, 3.05) is 46.3 Å². The number of carbonyl (C=O) groups is 2. The number of carbonyl (C=O) groups excluding carboxylic acids is 2. The maximum Gasteiger partial charge on any atom is 0.222 e. The lowest BCUT2D eigenvalue weighted by Gasteiger charge is -2.35. The molecule has 0 radical (unpaired) electrons. The highest BCUT2D eigenvalue weighted by atomic mass is 127. The first kappa shape index (κ1) is 26.9. The van der Waals surface area contributed by atoms with E-state index in [1.165, 1.54) is 0 Å². The first-order valence-corrected chi connectivity index (χ1v) is 10.5. The zero-order valence-corrected chi connectivity index (χ0v) is 20.5. The Balaban J connectivity index is 0.00000729. The fourth-order valence-electron chi connectivity index (χ4n) is 3.09. The molecular formula is C20H40IN5O2. The Bertz CT molecular complexity index is 477. The molecule has 0 atom stereocenters. The summed E-state index contributed by atoms with van der Waals surface area (Å²) in [5.41, 5.74) is 0. The topological polar surface area (TPSA) is 77.0 Å². The molecule has 1 rings (SSSR count). The van der Waals surface area contributed by atoms with Gasteiger partial charge in [-0.1, -0.05) is 27.2 Å². The fraction of sp³-hybridized carbons (Fsp3) is 0.850. The number of nitrogens with one attached hydrogen (secondary N) is 2. The molecule has 1 aliphatic heterocycles. The summed E-state index contributed by atoms with van der Waals surface area (Å²) >= 11 is 0. The van der Waals surface area contributed by atoms with Crippen LogP contribution in [0.5, 0.6) is 0 Å². The van der Waals surface area contributed by atoms with Crippen molar-refractivity contribution in [3.8, 4) is 0 Å². The highest BCUT2D eigenvalue weighted by molar-refractivity contribution is 14.0. The molecule has 0 aromatic heterocycles. The van der Waals surface area contributed by atoms with Gasteiger partial charge in [0.15, 0.2) is 5.96 Å². The monoisotopic (exact) mass is 509 g/mol. The van der Waals surface area contributed by atoms with Crippen LogP contribution in [0.25, 0.3) is 0 Å². The van der Waals surface area contributed by atoms with E-state index in [9.17, 15) is 9.59 Å². The highest BCUT2D eigenvalue weighted by Crippen LogP contribution is 2.10. The van der Waals surface area contributed by atoms with Crippen LogP contribution in [0.2, 0.25) is 0 Å². The molecule has 8 heteroatoms. The summed E-state index contributed by atoms with van der Waals surface area (Å²) < 4.78 is 0. The molecule has 0 aromatic carbocycles. The van der Waals surface area contributed by atoms with E-state index in [-0.39, 0.29) is 35.8 Å². The molecule has 1 saturated heterocycles. The zero-order chi connectivity index (χ0) is 20.1. The first-order valence-electron chi connectivity index (χ1n) is 10.5. The van der Waals surface area contributed by atoms with Crippen molar-refractivity contribution >= 4 is 41.8 Å². The van der Waals surface area contributed by atoms with Crippen molar-refractivity contribution in [2.24, 2.45) is 10.9 Å². The summed E-state index contributed by atoms with van der Waals surface area (Å²) in [4.78, 5) is 32.4. The Labute approximate surface area is 188 Å². The smallest absolute Gasteiger partial charge is 0.222 e. The van der Waals surface area contributed by atoms with Gasteiger partial charge in [0.25, 0.3) is 0 Å². The summed E-state index contributed by atoms with van der Waals surface area (Å²) in [5.74, 6) is 1.67. The van der Waals surface area contributed by atoms with E-state index in [0.717, 1.165) is 44.7 Å². The Kier molecular flexibility index (Phi) is 15.2. The van der Waals surface area contributed by atoms with E-state index >= 15 is 0 Å². The zero-order valence-electron chi connectivity index (χ0n) is 18.1. The van der Waals surface area contributed by atoms with Gasteiger partial charge in [-0.3, -0.25) is 14.6 Å². The Morgan fingerprint density at radius 2 is 1.50 bits per heavy atom. The predicted octanol–water partition coefficient (Wildman–Crippen LogP) is 2.46. The molecule has 7 nitrogen and oxygen atoms in total. The van der Waals surface area contributed by atoms with Crippen LogP contribution in [0.3, 0.4) is 0 Å². The lowest BCUT2D eigenvalue weighted by Crippen LogP contribution is -2.50. The standard InChI is InChI=1S/C20H39N5O2.HI/c1-5-10-22-20(21-4)23-11-8-6-7-9-18(26)24-12-14-25(15-13-24)19(27)16-17(2)3;/h17H,5-16H2,1-4H3,(H2,21,22,23);1H. The van der Waals surface area contributed by atoms with Crippen LogP contribution < -0.4 is 10.6 Å². The third-order valence-electron chi connectivity index (χ3n) is 4.69. The van der Waals surface area contributed by atoms with Gasteiger partial charge in [-0.05, 0) is 25.2 Å². The lowest BCUT2D eigenvalue weighted by atomic mass is 10.1. The van der Waals surface area contributed by atoms with Crippen LogP contribution in [0.1, 0.15) is 59.3 Å². The highest BCUT2D eigenvalue weighted by Gasteiger charge is 2.23. The average Bonchev–Trinajstić information content (AvgIpc) is 2.66. The SMILES string of the molecule is CCCNC(=NC)NCCCCCC(=O)N1CCN(C(=O)CC(C)C)CC1.I. The van der Waals surface area contributed by atoms with Gasteiger partial charge in [0.1, 0.15) is 0 Å². The van der Waals surface area contributed by atoms with E-state index < -0.39 is 0 Å². The maximum atomic E-state index is 12.3. The van der Waals surface area contributed by atoms with Crippen molar-refractivity contribution in [1.29, 1.82) is 0 Å². The van der Waals surface area contributed by atoms with Gasteiger partial charge in [0.05, 0.1) is 0 Å². The molecule has 0 aromatic rings. The second-order valence-corrected chi connectivity index (χ2v) is 7.60. The number of guanidine groups is 1. The van der Waals surface area contributed by atoms with Crippen LogP contribution in [-0.4, -0.2) is 73.9 Å². The average molecular weight is 509 g/mol. The normalized spacial score (nSPS) is 14.7. The lowest BCUT2D eigenvalue weighted by molar-refractivity contribution is -0.140. The number of nitrogens with zero attached hydrogens (tertiary/aromatic N) is 3. The number of unbranched alkanes of at least 4 members (excludes halogenated alkanes) is 2. The fourth-order valence-corrected chi connectivity index (χ4v) is 3.09. The predicted molar refractivity (Wildman–Crippen MR) is 126 cm³/mol. The Morgan fingerprint density at radius 1 is 0.929 bits per heavy atom. The van der Waals surface area contributed by atoms with E-state index in [0.29, 0.717) is 44.9 Å². The molecule has 0 aliphatic carbocycles. The minimum absolute atomic E-state index is 0. The summed E-state index contributed by atoms with van der Waals surface area (Å²) in [7, 11) is 1.78. The second-order valence-electron chi connectivity index (χ2n) is 7.60. The molecule has 28 heavy (non-hydrogen) atoms. The van der Waals surface area contributed by atoms with Crippen LogP contribution in [0, 0.1) is 5.92 Å². The molecule has 0 saturated carbocycles. The van der Waals surface area contributed by atoms with Gasteiger partial charge in [0.2, 0.25) is 11.8 Å². The molecule has 1 heterocycles. The number of hydrogen-bond donors (Lipinski definition) is 2. The van der Waals surface area contributed by atoms with Crippen molar-refractivity contribution in [1.82, 2.24) is 20.4 Å². The van der Waals surface area contributed by atoms with Crippen LogP contribution in [0.4, 0.5) is 0 Å². The third kappa shape index (κ3) is 11.1. The molecule has 2 N–H and O–H groups in total. The largest absolute Gasteiger partial charge is 0.356 e. The number of amides is 2. The van der Waals surface area contributed by atoms with Gasteiger partial charge in [-0.2, -0.15) is 0 Å². The maximum absolute atomic E-state index is 12.3. The number of halogens is 1. The van der Waals surface area contributed by atoms with Crippen molar-refractivity contribution < 1.29 is 9.59 Å². The van der Waals surface area contributed by atoms with Crippen molar-refractivity contribution in [3.05, 3.63) is 0 Å². The van der Waals surface area contributed by atoms with E-state index in [2.05, 4.69) is 36.4 Å². The second kappa shape index (κ2) is 15.8. The molecular weight excluding hydrogens is 469 g/mol. The summed E-state index contributed by atoms with van der Waals surface area (Å²) in [5, 5.41) is 6.53. The molecule has 0 bridgehead atoms. The Morgan fingerprint density at radius 3 is 2.04 bits per heavy atom. The van der Waals surface area contributed by atoms with E-state index in [1.807, 2.05) is 9.80 Å². The minimum Gasteiger partial charge on any atom is -0.356 e. The van der Waals surface area contributed by atoms with Gasteiger partial charge in [0, 0.05) is 59.2 Å².